The number of aryl methyl sites for hydroxylation is 1. The van der Waals surface area contributed by atoms with Gasteiger partial charge in [-0.1, -0.05) is 19.1 Å². The number of hydrogen-bond acceptors (Lipinski definition) is 3. The molecule has 4 nitrogen and oxygen atoms in total. The number of anilines is 1. The monoisotopic (exact) mass is 205 g/mol. The van der Waals surface area contributed by atoms with Crippen LogP contribution in [0.3, 0.4) is 0 Å². The van der Waals surface area contributed by atoms with Crippen molar-refractivity contribution < 1.29 is 0 Å². The van der Waals surface area contributed by atoms with Crippen molar-refractivity contribution in [1.29, 1.82) is 0 Å². The summed E-state index contributed by atoms with van der Waals surface area (Å²) in [6.07, 6.45) is 0. The Morgan fingerprint density at radius 2 is 2.13 bits per heavy atom. The molecule has 1 heterocycles. The molecule has 15 heavy (non-hydrogen) atoms. The van der Waals surface area contributed by atoms with E-state index in [1.54, 1.807) is 7.05 Å². The molecule has 1 aromatic carbocycles. The Labute approximate surface area is 88.4 Å². The number of rotatable bonds is 1. The second kappa shape index (κ2) is 4.13. The van der Waals surface area contributed by atoms with Gasteiger partial charge in [0.1, 0.15) is 0 Å². The summed E-state index contributed by atoms with van der Waals surface area (Å²) in [6.45, 7) is 1.95. The Hall–Kier alpha value is -1.84. The summed E-state index contributed by atoms with van der Waals surface area (Å²) in [5.41, 5.74) is 1.66. The fourth-order valence-corrected chi connectivity index (χ4v) is 1.37. The Balaban J connectivity index is 0.00000112. The van der Waals surface area contributed by atoms with E-state index in [2.05, 4.69) is 15.3 Å². The first-order chi connectivity index (χ1) is 6.70. The number of fused-ring (bicyclic) bond motifs is 1. The van der Waals surface area contributed by atoms with Crippen LogP contribution < -0.4 is 10.9 Å². The molecule has 80 valence electrons. The van der Waals surface area contributed by atoms with E-state index in [4.69, 9.17) is 0 Å². The molecule has 0 atom stereocenters. The molecule has 0 fully saturated rings. The lowest BCUT2D eigenvalue weighted by atomic mass is 10.2. The normalized spacial score (nSPS) is 9.73. The van der Waals surface area contributed by atoms with Crippen molar-refractivity contribution in [2.75, 3.05) is 12.4 Å². The highest BCUT2D eigenvalue weighted by Gasteiger charge is 2.01. The first-order valence-corrected chi connectivity index (χ1v) is 4.39. The second-order valence-electron chi connectivity index (χ2n) is 3.19. The number of H-pyrrole nitrogens is 1. The minimum absolute atomic E-state index is 0. The van der Waals surface area contributed by atoms with Gasteiger partial charge in [-0.15, -0.1) is 0 Å². The lowest BCUT2D eigenvalue weighted by Crippen LogP contribution is -2.11. The average molecular weight is 205 g/mol. The number of nitrogens with one attached hydrogen (secondary N) is 2. The molecule has 0 aliphatic rings. The summed E-state index contributed by atoms with van der Waals surface area (Å²) in [7, 11) is 1.72. The molecule has 0 spiro atoms. The van der Waals surface area contributed by atoms with Gasteiger partial charge in [0.2, 0.25) is 5.95 Å². The van der Waals surface area contributed by atoms with Crippen LogP contribution in [0, 0.1) is 6.92 Å². The SMILES string of the molecule is C.CNc1nc2ccc(C)cc2c(=O)[nH]1. The van der Waals surface area contributed by atoms with Crippen LogP contribution >= 0.6 is 0 Å². The van der Waals surface area contributed by atoms with Crippen molar-refractivity contribution in [1.82, 2.24) is 9.97 Å². The predicted octanol–water partition coefficient (Wildman–Crippen LogP) is 1.91. The molecule has 2 N–H and O–H groups in total. The van der Waals surface area contributed by atoms with Crippen LogP contribution in [0.1, 0.15) is 13.0 Å². The summed E-state index contributed by atoms with van der Waals surface area (Å²) < 4.78 is 0. The van der Waals surface area contributed by atoms with Gasteiger partial charge in [0.25, 0.3) is 5.56 Å². The minimum Gasteiger partial charge on any atom is -0.359 e. The predicted molar refractivity (Wildman–Crippen MR) is 63.4 cm³/mol. The zero-order chi connectivity index (χ0) is 10.1. The van der Waals surface area contributed by atoms with Crippen LogP contribution in [0.25, 0.3) is 10.9 Å². The van der Waals surface area contributed by atoms with Gasteiger partial charge in [-0.2, -0.15) is 0 Å². The Bertz CT molecular complexity index is 531. The van der Waals surface area contributed by atoms with Gasteiger partial charge in [0.15, 0.2) is 0 Å². The smallest absolute Gasteiger partial charge is 0.260 e. The van der Waals surface area contributed by atoms with E-state index in [1.807, 2.05) is 25.1 Å². The van der Waals surface area contributed by atoms with Crippen molar-refractivity contribution in [3.8, 4) is 0 Å². The largest absolute Gasteiger partial charge is 0.359 e. The fraction of sp³-hybridized carbons (Fsp3) is 0.273. The van der Waals surface area contributed by atoms with Gasteiger partial charge in [-0.3, -0.25) is 9.78 Å². The highest BCUT2D eigenvalue weighted by atomic mass is 16.1. The number of hydrogen-bond donors (Lipinski definition) is 2. The highest BCUT2D eigenvalue weighted by molar-refractivity contribution is 5.79. The molecule has 0 bridgehead atoms. The molecule has 0 aliphatic heterocycles. The first kappa shape index (κ1) is 11.2. The van der Waals surface area contributed by atoms with Gasteiger partial charge in [0.05, 0.1) is 10.9 Å². The van der Waals surface area contributed by atoms with Crippen molar-refractivity contribution >= 4 is 16.9 Å². The summed E-state index contributed by atoms with van der Waals surface area (Å²) in [4.78, 5) is 18.5. The number of benzene rings is 1. The van der Waals surface area contributed by atoms with Crippen LogP contribution in [0.4, 0.5) is 5.95 Å². The molecule has 1 aromatic heterocycles. The van der Waals surface area contributed by atoms with Gasteiger partial charge >= 0.3 is 0 Å². The molecule has 0 saturated carbocycles. The maximum atomic E-state index is 11.6. The quantitative estimate of drug-likeness (QED) is 0.747. The van der Waals surface area contributed by atoms with Crippen molar-refractivity contribution in [2.24, 2.45) is 0 Å². The molecule has 0 unspecified atom stereocenters. The fourth-order valence-electron chi connectivity index (χ4n) is 1.37. The highest BCUT2D eigenvalue weighted by Crippen LogP contribution is 2.10. The van der Waals surface area contributed by atoms with Gasteiger partial charge in [0, 0.05) is 7.05 Å². The van der Waals surface area contributed by atoms with E-state index in [-0.39, 0.29) is 13.0 Å². The number of nitrogens with zero attached hydrogens (tertiary/aromatic N) is 1. The van der Waals surface area contributed by atoms with E-state index in [9.17, 15) is 4.79 Å². The molecule has 4 heteroatoms. The van der Waals surface area contributed by atoms with Crippen LogP contribution in [0.15, 0.2) is 23.0 Å². The van der Waals surface area contributed by atoms with Gasteiger partial charge < -0.3 is 5.32 Å². The van der Waals surface area contributed by atoms with Crippen LogP contribution in [0.2, 0.25) is 0 Å². The maximum absolute atomic E-state index is 11.6. The number of aromatic nitrogens is 2. The zero-order valence-corrected chi connectivity index (χ0v) is 8.09. The second-order valence-corrected chi connectivity index (χ2v) is 3.19. The minimum atomic E-state index is -0.108. The molecular formula is C11H15N3O. The summed E-state index contributed by atoms with van der Waals surface area (Å²) in [6, 6.07) is 5.62. The van der Waals surface area contributed by atoms with Crippen molar-refractivity contribution in [3.63, 3.8) is 0 Å². The van der Waals surface area contributed by atoms with Crippen molar-refractivity contribution in [2.45, 2.75) is 14.4 Å². The lowest BCUT2D eigenvalue weighted by molar-refractivity contribution is 1.15. The molecule has 2 rings (SSSR count). The Morgan fingerprint density at radius 3 is 2.80 bits per heavy atom. The summed E-state index contributed by atoms with van der Waals surface area (Å²) in [5, 5.41) is 3.44. The van der Waals surface area contributed by atoms with E-state index in [0.29, 0.717) is 16.9 Å². The van der Waals surface area contributed by atoms with Gasteiger partial charge in [-0.25, -0.2) is 4.98 Å². The molecule has 0 amide bonds. The van der Waals surface area contributed by atoms with Crippen LogP contribution in [-0.4, -0.2) is 17.0 Å². The van der Waals surface area contributed by atoms with E-state index in [0.717, 1.165) is 5.56 Å². The Morgan fingerprint density at radius 1 is 1.40 bits per heavy atom. The third kappa shape index (κ3) is 1.98. The average Bonchev–Trinajstić information content (AvgIpc) is 2.19. The van der Waals surface area contributed by atoms with E-state index >= 15 is 0 Å². The maximum Gasteiger partial charge on any atom is 0.260 e. The number of aromatic amines is 1. The topological polar surface area (TPSA) is 57.8 Å². The molecule has 2 aromatic rings. The third-order valence-corrected chi connectivity index (χ3v) is 2.10. The summed E-state index contributed by atoms with van der Waals surface area (Å²) >= 11 is 0. The van der Waals surface area contributed by atoms with Crippen LogP contribution in [0.5, 0.6) is 0 Å². The molecule has 0 aliphatic carbocycles. The molecule has 0 saturated heterocycles. The van der Waals surface area contributed by atoms with E-state index in [1.165, 1.54) is 0 Å². The molecular weight excluding hydrogens is 190 g/mol. The zero-order valence-electron chi connectivity index (χ0n) is 8.09. The lowest BCUT2D eigenvalue weighted by Gasteiger charge is -2.01. The first-order valence-electron chi connectivity index (χ1n) is 4.39. The van der Waals surface area contributed by atoms with E-state index < -0.39 is 0 Å². The third-order valence-electron chi connectivity index (χ3n) is 2.10. The Kier molecular flexibility index (Phi) is 3.09. The molecule has 0 radical (unpaired) electrons. The summed E-state index contributed by atoms with van der Waals surface area (Å²) in [5.74, 6) is 0.492. The van der Waals surface area contributed by atoms with Crippen molar-refractivity contribution in [3.05, 3.63) is 34.1 Å². The standard InChI is InChI=1S/C10H11N3O.CH4/c1-6-3-4-8-7(5-6)9(14)13-10(11-2)12-8;/h3-5H,1-2H3,(H2,11,12,13,14);1H4. The van der Waals surface area contributed by atoms with Gasteiger partial charge in [-0.05, 0) is 19.1 Å². The van der Waals surface area contributed by atoms with Crippen LogP contribution in [-0.2, 0) is 0 Å².